The molecule has 4 rings (SSSR count). The standard InChI is InChI=1S/C21H20ClF2N3/c22-13-1-6-19-20(9-13)26-8-7-21(19)27(17-4-2-16(25)3-5-17)18-11-14(23)10-15(24)12-18/h1,6-12,16-17H,2-5,25H2. The zero-order chi connectivity index (χ0) is 19.0. The second-order valence-corrected chi connectivity index (χ2v) is 7.49. The van der Waals surface area contributed by atoms with E-state index >= 15 is 0 Å². The van der Waals surface area contributed by atoms with E-state index in [9.17, 15) is 8.78 Å². The fraction of sp³-hybridized carbons (Fsp3) is 0.286. The van der Waals surface area contributed by atoms with Crippen LogP contribution in [-0.4, -0.2) is 17.1 Å². The molecule has 1 aliphatic rings. The highest BCUT2D eigenvalue weighted by Gasteiger charge is 2.27. The summed E-state index contributed by atoms with van der Waals surface area (Å²) in [5, 5.41) is 1.49. The van der Waals surface area contributed by atoms with E-state index in [1.54, 1.807) is 18.3 Å². The minimum Gasteiger partial charge on any atom is -0.338 e. The number of rotatable bonds is 3. The van der Waals surface area contributed by atoms with Gasteiger partial charge in [0.15, 0.2) is 0 Å². The van der Waals surface area contributed by atoms with Crippen LogP contribution in [0.3, 0.4) is 0 Å². The summed E-state index contributed by atoms with van der Waals surface area (Å²) in [5.41, 5.74) is 8.17. The first kappa shape index (κ1) is 18.1. The Bertz CT molecular complexity index is 951. The largest absolute Gasteiger partial charge is 0.338 e. The highest BCUT2D eigenvalue weighted by atomic mass is 35.5. The molecule has 2 aromatic carbocycles. The van der Waals surface area contributed by atoms with E-state index in [1.807, 2.05) is 17.0 Å². The summed E-state index contributed by atoms with van der Waals surface area (Å²) < 4.78 is 28.0. The maximum atomic E-state index is 14.0. The second-order valence-electron chi connectivity index (χ2n) is 7.06. The number of nitrogens with zero attached hydrogens (tertiary/aromatic N) is 2. The topological polar surface area (TPSA) is 42.1 Å². The van der Waals surface area contributed by atoms with E-state index in [2.05, 4.69) is 4.98 Å². The van der Waals surface area contributed by atoms with Crippen molar-refractivity contribution < 1.29 is 8.78 Å². The lowest BCUT2D eigenvalue weighted by Gasteiger charge is -2.38. The molecule has 27 heavy (non-hydrogen) atoms. The Hall–Kier alpha value is -2.24. The van der Waals surface area contributed by atoms with Crippen molar-refractivity contribution in [1.29, 1.82) is 0 Å². The minimum absolute atomic E-state index is 0.104. The van der Waals surface area contributed by atoms with Gasteiger partial charge in [-0.1, -0.05) is 11.6 Å². The number of nitrogens with two attached hydrogens (primary N) is 1. The smallest absolute Gasteiger partial charge is 0.128 e. The zero-order valence-corrected chi connectivity index (χ0v) is 15.5. The van der Waals surface area contributed by atoms with Gasteiger partial charge >= 0.3 is 0 Å². The summed E-state index contributed by atoms with van der Waals surface area (Å²) >= 11 is 6.11. The molecule has 1 fully saturated rings. The third kappa shape index (κ3) is 3.75. The number of pyridine rings is 1. The average Bonchev–Trinajstić information content (AvgIpc) is 2.62. The van der Waals surface area contributed by atoms with Crippen molar-refractivity contribution in [1.82, 2.24) is 4.98 Å². The van der Waals surface area contributed by atoms with Crippen molar-refractivity contribution in [3.8, 4) is 0 Å². The molecule has 140 valence electrons. The van der Waals surface area contributed by atoms with Crippen LogP contribution in [0.25, 0.3) is 10.9 Å². The SMILES string of the molecule is NC1CCC(N(c2cc(F)cc(F)c2)c2ccnc3cc(Cl)ccc23)CC1. The number of fused-ring (bicyclic) bond motifs is 1. The summed E-state index contributed by atoms with van der Waals surface area (Å²) in [6.45, 7) is 0. The molecule has 0 aliphatic heterocycles. The van der Waals surface area contributed by atoms with E-state index in [0.717, 1.165) is 48.3 Å². The van der Waals surface area contributed by atoms with Gasteiger partial charge in [0.2, 0.25) is 0 Å². The molecule has 0 unspecified atom stereocenters. The molecule has 1 aliphatic carbocycles. The molecule has 1 heterocycles. The van der Waals surface area contributed by atoms with Crippen LogP contribution in [0.15, 0.2) is 48.7 Å². The fourth-order valence-electron chi connectivity index (χ4n) is 3.90. The Morgan fingerprint density at radius 1 is 0.963 bits per heavy atom. The molecule has 0 saturated heterocycles. The van der Waals surface area contributed by atoms with Gasteiger partial charge < -0.3 is 10.6 Å². The van der Waals surface area contributed by atoms with Gasteiger partial charge in [0, 0.05) is 40.4 Å². The zero-order valence-electron chi connectivity index (χ0n) is 14.7. The van der Waals surface area contributed by atoms with Crippen molar-refractivity contribution in [2.24, 2.45) is 5.73 Å². The highest BCUT2D eigenvalue weighted by molar-refractivity contribution is 6.31. The molecule has 0 bridgehead atoms. The van der Waals surface area contributed by atoms with E-state index in [4.69, 9.17) is 17.3 Å². The molecule has 3 aromatic rings. The van der Waals surface area contributed by atoms with Crippen LogP contribution >= 0.6 is 11.6 Å². The summed E-state index contributed by atoms with van der Waals surface area (Å²) in [5.74, 6) is -1.19. The van der Waals surface area contributed by atoms with Crippen molar-refractivity contribution in [2.75, 3.05) is 4.90 Å². The Kier molecular flexibility index (Phi) is 4.98. The third-order valence-electron chi connectivity index (χ3n) is 5.17. The van der Waals surface area contributed by atoms with Crippen LogP contribution in [0.4, 0.5) is 20.2 Å². The average molecular weight is 388 g/mol. The molecule has 0 radical (unpaired) electrons. The fourth-order valence-corrected chi connectivity index (χ4v) is 4.07. The molecule has 0 spiro atoms. The van der Waals surface area contributed by atoms with Gasteiger partial charge in [0.05, 0.1) is 11.2 Å². The van der Waals surface area contributed by atoms with Crippen LogP contribution in [-0.2, 0) is 0 Å². The lowest BCUT2D eigenvalue weighted by molar-refractivity contribution is 0.391. The van der Waals surface area contributed by atoms with Gasteiger partial charge in [-0.05, 0) is 62.1 Å². The molecular weight excluding hydrogens is 368 g/mol. The summed E-state index contributed by atoms with van der Waals surface area (Å²) in [4.78, 5) is 6.42. The molecule has 1 saturated carbocycles. The maximum absolute atomic E-state index is 14.0. The Morgan fingerprint density at radius 2 is 1.67 bits per heavy atom. The van der Waals surface area contributed by atoms with Crippen LogP contribution in [0, 0.1) is 11.6 Å². The first-order chi connectivity index (χ1) is 13.0. The van der Waals surface area contributed by atoms with E-state index in [0.29, 0.717) is 10.7 Å². The lowest BCUT2D eigenvalue weighted by atomic mass is 9.90. The first-order valence-corrected chi connectivity index (χ1v) is 9.44. The third-order valence-corrected chi connectivity index (χ3v) is 5.41. The van der Waals surface area contributed by atoms with Gasteiger partial charge in [-0.3, -0.25) is 4.98 Å². The Morgan fingerprint density at radius 3 is 2.37 bits per heavy atom. The predicted octanol–water partition coefficient (Wildman–Crippen LogP) is 5.57. The molecule has 0 amide bonds. The molecule has 3 nitrogen and oxygen atoms in total. The van der Waals surface area contributed by atoms with Crippen molar-refractivity contribution in [2.45, 2.75) is 37.8 Å². The second kappa shape index (κ2) is 7.41. The predicted molar refractivity (Wildman–Crippen MR) is 105 cm³/mol. The number of hydrogen-bond donors (Lipinski definition) is 1. The quantitative estimate of drug-likeness (QED) is 0.638. The van der Waals surface area contributed by atoms with Crippen LogP contribution in [0.5, 0.6) is 0 Å². The lowest BCUT2D eigenvalue weighted by Crippen LogP contribution is -2.38. The first-order valence-electron chi connectivity index (χ1n) is 9.06. The number of hydrogen-bond acceptors (Lipinski definition) is 3. The van der Waals surface area contributed by atoms with Crippen molar-refractivity contribution >= 4 is 33.9 Å². The molecule has 0 atom stereocenters. The van der Waals surface area contributed by atoms with Crippen molar-refractivity contribution in [3.05, 3.63) is 65.3 Å². The monoisotopic (exact) mass is 387 g/mol. The van der Waals surface area contributed by atoms with E-state index in [-0.39, 0.29) is 12.1 Å². The van der Waals surface area contributed by atoms with Crippen LogP contribution < -0.4 is 10.6 Å². The van der Waals surface area contributed by atoms with Crippen molar-refractivity contribution in [3.63, 3.8) is 0 Å². The number of aromatic nitrogens is 1. The van der Waals surface area contributed by atoms with Crippen LogP contribution in [0.1, 0.15) is 25.7 Å². The Labute approximate surface area is 161 Å². The number of benzene rings is 2. The molecular formula is C21H20ClF2N3. The molecule has 2 N–H and O–H groups in total. The van der Waals surface area contributed by atoms with Gasteiger partial charge in [0.1, 0.15) is 11.6 Å². The maximum Gasteiger partial charge on any atom is 0.128 e. The van der Waals surface area contributed by atoms with Gasteiger partial charge in [-0.25, -0.2) is 8.78 Å². The Balaban J connectivity index is 1.88. The van der Waals surface area contributed by atoms with Gasteiger partial charge in [0.25, 0.3) is 0 Å². The van der Waals surface area contributed by atoms with Crippen LogP contribution in [0.2, 0.25) is 5.02 Å². The molecule has 1 aromatic heterocycles. The normalized spacial score (nSPS) is 20.0. The van der Waals surface area contributed by atoms with E-state index < -0.39 is 11.6 Å². The summed E-state index contributed by atoms with van der Waals surface area (Å²) in [6.07, 6.45) is 5.18. The van der Waals surface area contributed by atoms with Gasteiger partial charge in [-0.15, -0.1) is 0 Å². The number of anilines is 2. The molecule has 6 heteroatoms. The van der Waals surface area contributed by atoms with Gasteiger partial charge in [-0.2, -0.15) is 0 Å². The summed E-state index contributed by atoms with van der Waals surface area (Å²) in [7, 11) is 0. The number of halogens is 3. The summed E-state index contributed by atoms with van der Waals surface area (Å²) in [6, 6.07) is 11.3. The minimum atomic E-state index is -0.594. The van der Waals surface area contributed by atoms with E-state index in [1.165, 1.54) is 12.1 Å². The highest BCUT2D eigenvalue weighted by Crippen LogP contribution is 2.38.